The van der Waals surface area contributed by atoms with Crippen molar-refractivity contribution in [3.05, 3.63) is 52.4 Å². The normalized spacial score (nSPS) is 15.5. The third kappa shape index (κ3) is 4.32. The Morgan fingerprint density at radius 3 is 2.69 bits per heavy atom. The molecule has 1 saturated heterocycles. The van der Waals surface area contributed by atoms with E-state index in [4.69, 9.17) is 11.6 Å². The number of halogens is 1. The van der Waals surface area contributed by atoms with Gasteiger partial charge < -0.3 is 9.88 Å². The number of aromatic amines is 1. The van der Waals surface area contributed by atoms with Crippen molar-refractivity contribution < 1.29 is 4.79 Å². The minimum atomic E-state index is 0.173. The first-order valence-corrected chi connectivity index (χ1v) is 12.7. The van der Waals surface area contributed by atoms with Crippen molar-refractivity contribution >= 4 is 34.1 Å². The summed E-state index contributed by atoms with van der Waals surface area (Å²) in [5.74, 6) is 1.02. The van der Waals surface area contributed by atoms with Crippen molar-refractivity contribution in [3.63, 3.8) is 0 Å². The van der Waals surface area contributed by atoms with E-state index in [9.17, 15) is 4.79 Å². The molecule has 0 spiro atoms. The van der Waals surface area contributed by atoms with Gasteiger partial charge in [0.1, 0.15) is 6.33 Å². The van der Waals surface area contributed by atoms with E-state index in [1.165, 1.54) is 16.5 Å². The monoisotopic (exact) mass is 492 g/mol. The summed E-state index contributed by atoms with van der Waals surface area (Å²) < 4.78 is 1.89. The number of hydrogen-bond acceptors (Lipinski definition) is 4. The molecular weight excluding hydrogens is 460 g/mol. The second-order valence-electron chi connectivity index (χ2n) is 10.3. The number of nitrogens with one attached hydrogen (secondary N) is 1. The van der Waals surface area contributed by atoms with Gasteiger partial charge >= 0.3 is 0 Å². The summed E-state index contributed by atoms with van der Waals surface area (Å²) in [6.45, 7) is 8.95. The number of piperidine rings is 1. The molecule has 1 aromatic carbocycles. The van der Waals surface area contributed by atoms with E-state index >= 15 is 0 Å². The Morgan fingerprint density at radius 2 is 2.00 bits per heavy atom. The van der Waals surface area contributed by atoms with Crippen molar-refractivity contribution in [1.82, 2.24) is 29.4 Å². The summed E-state index contributed by atoms with van der Waals surface area (Å²) in [6.07, 6.45) is 5.90. The van der Waals surface area contributed by atoms with E-state index < -0.39 is 0 Å². The number of benzene rings is 1. The largest absolute Gasteiger partial charge is 0.354 e. The third-order valence-corrected chi connectivity index (χ3v) is 7.85. The average Bonchev–Trinajstić information content (AvgIpc) is 3.46. The number of carbonyl (C=O) groups is 1. The van der Waals surface area contributed by atoms with Crippen LogP contribution in [0.3, 0.4) is 0 Å². The minimum Gasteiger partial charge on any atom is -0.354 e. The van der Waals surface area contributed by atoms with Crippen LogP contribution in [0.4, 0.5) is 0 Å². The highest BCUT2D eigenvalue weighted by atomic mass is 35.5. The van der Waals surface area contributed by atoms with Crippen LogP contribution in [0.25, 0.3) is 27.8 Å². The Morgan fingerprint density at radius 1 is 1.26 bits per heavy atom. The van der Waals surface area contributed by atoms with Crippen LogP contribution in [0.15, 0.2) is 30.7 Å². The molecule has 184 valence electrons. The van der Waals surface area contributed by atoms with Gasteiger partial charge in [-0.2, -0.15) is 0 Å². The second-order valence-corrected chi connectivity index (χ2v) is 10.6. The van der Waals surface area contributed by atoms with Crippen molar-refractivity contribution in [2.75, 3.05) is 33.7 Å². The number of amides is 1. The number of pyridine rings is 1. The molecule has 4 heterocycles. The molecular formula is C27H33ClN6O. The molecule has 5 rings (SSSR count). The topological polar surface area (TPSA) is 69.5 Å². The summed E-state index contributed by atoms with van der Waals surface area (Å²) >= 11 is 6.68. The molecule has 1 N–H and O–H groups in total. The van der Waals surface area contributed by atoms with E-state index in [2.05, 4.69) is 58.3 Å². The molecule has 0 saturated carbocycles. The molecule has 8 heteroatoms. The highest BCUT2D eigenvalue weighted by molar-refractivity contribution is 6.34. The Hall–Kier alpha value is -2.90. The minimum absolute atomic E-state index is 0.173. The number of nitrogens with zero attached hydrogens (tertiary/aromatic N) is 5. The summed E-state index contributed by atoms with van der Waals surface area (Å²) in [7, 11) is 3.64. The number of H-pyrrole nitrogens is 1. The number of likely N-dealkylation sites (N-methyl/N-ethyl adjacent to an activating group) is 1. The van der Waals surface area contributed by atoms with Crippen molar-refractivity contribution in [2.45, 2.75) is 45.4 Å². The Bertz CT molecular complexity index is 1390. The van der Waals surface area contributed by atoms with Crippen LogP contribution in [-0.2, 0) is 4.79 Å². The van der Waals surface area contributed by atoms with Gasteiger partial charge in [0.15, 0.2) is 5.65 Å². The van der Waals surface area contributed by atoms with Crippen LogP contribution >= 0.6 is 11.6 Å². The lowest BCUT2D eigenvalue weighted by Gasteiger charge is -2.32. The van der Waals surface area contributed by atoms with Crippen LogP contribution in [0.1, 0.15) is 55.2 Å². The average molecular weight is 493 g/mol. The molecule has 0 aliphatic carbocycles. The number of likely N-dealkylation sites (tertiary alicyclic amines) is 1. The molecule has 35 heavy (non-hydrogen) atoms. The number of hydrogen-bond donors (Lipinski definition) is 1. The molecule has 0 bridgehead atoms. The lowest BCUT2D eigenvalue weighted by atomic mass is 9.87. The number of fused-ring (bicyclic) bond motifs is 2. The zero-order valence-corrected chi connectivity index (χ0v) is 21.9. The van der Waals surface area contributed by atoms with Gasteiger partial charge in [-0.15, -0.1) is 10.2 Å². The maximum Gasteiger partial charge on any atom is 0.236 e. The second kappa shape index (κ2) is 9.28. The zero-order valence-electron chi connectivity index (χ0n) is 21.1. The quantitative estimate of drug-likeness (QED) is 0.414. The third-order valence-electron chi connectivity index (χ3n) is 7.40. The first-order chi connectivity index (χ1) is 16.7. The molecule has 0 atom stereocenters. The Balaban J connectivity index is 1.49. The number of rotatable bonds is 5. The highest BCUT2D eigenvalue weighted by Gasteiger charge is 2.25. The van der Waals surface area contributed by atoms with Crippen LogP contribution < -0.4 is 0 Å². The molecule has 0 radical (unpaired) electrons. The van der Waals surface area contributed by atoms with Crippen LogP contribution in [0.2, 0.25) is 5.02 Å². The summed E-state index contributed by atoms with van der Waals surface area (Å²) in [4.78, 5) is 19.7. The predicted molar refractivity (Wildman–Crippen MR) is 141 cm³/mol. The molecule has 1 fully saturated rings. The van der Waals surface area contributed by atoms with Gasteiger partial charge in [0, 0.05) is 36.8 Å². The van der Waals surface area contributed by atoms with Gasteiger partial charge in [-0.1, -0.05) is 31.5 Å². The van der Waals surface area contributed by atoms with E-state index in [0.29, 0.717) is 29.1 Å². The van der Waals surface area contributed by atoms with Crippen LogP contribution in [-0.4, -0.2) is 69.0 Å². The SMILES string of the molecule is Cc1c(-c2[nH]c3ccc(C4CCN(CC(=O)N(C)C)CC4)cc3c2C(C)C)cn2cnnc2c1Cl. The molecule has 3 aromatic heterocycles. The fraction of sp³-hybridized carbons (Fsp3) is 0.444. The fourth-order valence-electron chi connectivity index (χ4n) is 5.32. The summed E-state index contributed by atoms with van der Waals surface area (Å²) in [6, 6.07) is 6.86. The van der Waals surface area contributed by atoms with E-state index in [1.807, 2.05) is 25.4 Å². The van der Waals surface area contributed by atoms with E-state index in [-0.39, 0.29) is 5.91 Å². The lowest BCUT2D eigenvalue weighted by molar-refractivity contribution is -0.130. The van der Waals surface area contributed by atoms with Crippen molar-refractivity contribution in [3.8, 4) is 11.3 Å². The molecule has 1 aliphatic heterocycles. The van der Waals surface area contributed by atoms with Crippen LogP contribution in [0, 0.1) is 6.92 Å². The Kier molecular flexibility index (Phi) is 6.32. The maximum atomic E-state index is 12.1. The highest BCUT2D eigenvalue weighted by Crippen LogP contribution is 2.40. The van der Waals surface area contributed by atoms with Gasteiger partial charge in [0.05, 0.1) is 17.3 Å². The first kappa shape index (κ1) is 23.8. The molecule has 1 amide bonds. The number of aromatic nitrogens is 4. The van der Waals surface area contributed by atoms with E-state index in [0.717, 1.165) is 48.3 Å². The fourth-order valence-corrected chi connectivity index (χ4v) is 5.56. The smallest absolute Gasteiger partial charge is 0.236 e. The van der Waals surface area contributed by atoms with Gasteiger partial charge in [-0.3, -0.25) is 14.1 Å². The summed E-state index contributed by atoms with van der Waals surface area (Å²) in [5, 5.41) is 10.1. The molecule has 0 unspecified atom stereocenters. The van der Waals surface area contributed by atoms with Crippen molar-refractivity contribution in [2.24, 2.45) is 0 Å². The predicted octanol–water partition coefficient (Wildman–Crippen LogP) is 5.23. The molecule has 1 aliphatic rings. The van der Waals surface area contributed by atoms with Gasteiger partial charge in [-0.05, 0) is 73.5 Å². The van der Waals surface area contributed by atoms with Gasteiger partial charge in [0.2, 0.25) is 5.91 Å². The van der Waals surface area contributed by atoms with Gasteiger partial charge in [0.25, 0.3) is 0 Å². The maximum absolute atomic E-state index is 12.1. The first-order valence-electron chi connectivity index (χ1n) is 12.3. The summed E-state index contributed by atoms with van der Waals surface area (Å²) in [5.41, 5.74) is 7.69. The van der Waals surface area contributed by atoms with E-state index in [1.54, 1.807) is 11.2 Å². The standard InChI is InChI=1S/C27H33ClN6O/c1-16(2)24-20-12-19(18-8-10-33(11-9-18)14-23(35)32(4)5)6-7-22(20)30-26(24)21-13-34-15-29-31-27(34)25(28)17(21)3/h6-7,12-13,15-16,18,30H,8-11,14H2,1-5H3. The van der Waals surface area contributed by atoms with Crippen LogP contribution in [0.5, 0.6) is 0 Å². The van der Waals surface area contributed by atoms with Gasteiger partial charge in [-0.25, -0.2) is 0 Å². The van der Waals surface area contributed by atoms with Crippen molar-refractivity contribution in [1.29, 1.82) is 0 Å². The molecule has 4 aromatic rings. The lowest BCUT2D eigenvalue weighted by Crippen LogP contribution is -2.40. The number of carbonyl (C=O) groups excluding carboxylic acids is 1. The Labute approximate surface area is 211 Å². The zero-order chi connectivity index (χ0) is 24.9. The molecule has 7 nitrogen and oxygen atoms in total.